The normalized spacial score (nSPS) is 12.0. The molecule has 0 N–H and O–H groups in total. The SMILES string of the molecule is CCCCCCCC(C)(CCC)CCC. The van der Waals surface area contributed by atoms with E-state index in [1.54, 1.807) is 0 Å². The standard InChI is InChI=1S/C15H32/c1-5-8-9-10-11-14-15(4,12-6-2)13-7-3/h5-14H2,1-4H3. The highest BCUT2D eigenvalue weighted by Crippen LogP contribution is 2.34. The molecule has 0 aromatic carbocycles. The molecule has 0 saturated carbocycles. The van der Waals surface area contributed by atoms with E-state index in [-0.39, 0.29) is 0 Å². The van der Waals surface area contributed by atoms with E-state index in [0.29, 0.717) is 5.41 Å². The van der Waals surface area contributed by atoms with Gasteiger partial charge >= 0.3 is 0 Å². The molecule has 0 unspecified atom stereocenters. The molecular formula is C15H32. The summed E-state index contributed by atoms with van der Waals surface area (Å²) >= 11 is 0. The number of rotatable bonds is 10. The van der Waals surface area contributed by atoms with Gasteiger partial charge in [0.1, 0.15) is 0 Å². The summed E-state index contributed by atoms with van der Waals surface area (Å²) in [6, 6.07) is 0. The van der Waals surface area contributed by atoms with Crippen molar-refractivity contribution in [3.05, 3.63) is 0 Å². The van der Waals surface area contributed by atoms with Crippen molar-refractivity contribution in [1.82, 2.24) is 0 Å². The Balaban J connectivity index is 3.65. The molecule has 0 amide bonds. The van der Waals surface area contributed by atoms with E-state index < -0.39 is 0 Å². The first kappa shape index (κ1) is 15.0. The third-order valence-corrected chi connectivity index (χ3v) is 3.59. The van der Waals surface area contributed by atoms with Gasteiger partial charge < -0.3 is 0 Å². The maximum Gasteiger partial charge on any atom is -0.0326 e. The fraction of sp³-hybridized carbons (Fsp3) is 1.00. The van der Waals surface area contributed by atoms with Gasteiger partial charge in [0.2, 0.25) is 0 Å². The van der Waals surface area contributed by atoms with Crippen LogP contribution in [0.2, 0.25) is 0 Å². The van der Waals surface area contributed by atoms with Crippen LogP contribution in [0.4, 0.5) is 0 Å². The van der Waals surface area contributed by atoms with Gasteiger partial charge in [-0.15, -0.1) is 0 Å². The van der Waals surface area contributed by atoms with Gasteiger partial charge in [-0.25, -0.2) is 0 Å². The van der Waals surface area contributed by atoms with E-state index in [2.05, 4.69) is 27.7 Å². The third-order valence-electron chi connectivity index (χ3n) is 3.59. The summed E-state index contributed by atoms with van der Waals surface area (Å²) in [6.07, 6.45) is 14.2. The van der Waals surface area contributed by atoms with Gasteiger partial charge in [-0.3, -0.25) is 0 Å². The summed E-state index contributed by atoms with van der Waals surface area (Å²) in [5.41, 5.74) is 0.649. The van der Waals surface area contributed by atoms with Crippen LogP contribution in [0.25, 0.3) is 0 Å². The molecule has 0 bridgehead atoms. The zero-order valence-electron chi connectivity index (χ0n) is 11.6. The summed E-state index contributed by atoms with van der Waals surface area (Å²) in [7, 11) is 0. The number of unbranched alkanes of at least 4 members (excludes halogenated alkanes) is 4. The highest BCUT2D eigenvalue weighted by Gasteiger charge is 2.21. The van der Waals surface area contributed by atoms with Crippen molar-refractivity contribution in [2.24, 2.45) is 5.41 Å². The van der Waals surface area contributed by atoms with Gasteiger partial charge in [-0.05, 0) is 24.7 Å². The fourth-order valence-electron chi connectivity index (χ4n) is 2.74. The minimum atomic E-state index is 0.649. The molecule has 15 heavy (non-hydrogen) atoms. The second-order valence-electron chi connectivity index (χ2n) is 5.47. The van der Waals surface area contributed by atoms with Crippen LogP contribution in [0.15, 0.2) is 0 Å². The van der Waals surface area contributed by atoms with E-state index in [9.17, 15) is 0 Å². The Bertz CT molecular complexity index is 120. The predicted octanol–water partition coefficient (Wildman–Crippen LogP) is 5.95. The molecule has 0 nitrogen and oxygen atoms in total. The molecule has 0 radical (unpaired) electrons. The zero-order chi connectivity index (χ0) is 11.6. The minimum absolute atomic E-state index is 0.649. The van der Waals surface area contributed by atoms with Crippen molar-refractivity contribution in [2.45, 2.75) is 91.9 Å². The quantitative estimate of drug-likeness (QED) is 0.392. The van der Waals surface area contributed by atoms with Gasteiger partial charge in [0.25, 0.3) is 0 Å². The monoisotopic (exact) mass is 212 g/mol. The van der Waals surface area contributed by atoms with Crippen LogP contribution in [0.1, 0.15) is 91.9 Å². The lowest BCUT2D eigenvalue weighted by atomic mass is 9.77. The predicted molar refractivity (Wildman–Crippen MR) is 71.3 cm³/mol. The van der Waals surface area contributed by atoms with Gasteiger partial charge in [0, 0.05) is 0 Å². The number of hydrogen-bond donors (Lipinski definition) is 0. The first-order chi connectivity index (χ1) is 7.18. The summed E-state index contributed by atoms with van der Waals surface area (Å²) in [4.78, 5) is 0. The highest BCUT2D eigenvalue weighted by atomic mass is 14.3. The molecule has 0 saturated heterocycles. The molecule has 0 heterocycles. The maximum absolute atomic E-state index is 2.50. The zero-order valence-corrected chi connectivity index (χ0v) is 11.6. The van der Waals surface area contributed by atoms with E-state index >= 15 is 0 Å². The van der Waals surface area contributed by atoms with E-state index in [1.807, 2.05) is 0 Å². The lowest BCUT2D eigenvalue weighted by molar-refractivity contribution is 0.235. The third kappa shape index (κ3) is 7.88. The fourth-order valence-corrected chi connectivity index (χ4v) is 2.74. The summed E-state index contributed by atoms with van der Waals surface area (Å²) in [5, 5.41) is 0. The topological polar surface area (TPSA) is 0 Å². The molecule has 0 atom stereocenters. The van der Waals surface area contributed by atoms with Crippen LogP contribution in [-0.2, 0) is 0 Å². The van der Waals surface area contributed by atoms with Gasteiger partial charge in [0.15, 0.2) is 0 Å². The molecule has 0 heteroatoms. The van der Waals surface area contributed by atoms with Crippen molar-refractivity contribution in [2.75, 3.05) is 0 Å². The van der Waals surface area contributed by atoms with Crippen LogP contribution >= 0.6 is 0 Å². The summed E-state index contributed by atoms with van der Waals surface area (Å²) in [6.45, 7) is 9.44. The number of hydrogen-bond acceptors (Lipinski definition) is 0. The Morgan fingerprint density at radius 3 is 1.60 bits per heavy atom. The van der Waals surface area contributed by atoms with Crippen molar-refractivity contribution in [1.29, 1.82) is 0 Å². The molecule has 0 fully saturated rings. The van der Waals surface area contributed by atoms with Crippen molar-refractivity contribution >= 4 is 0 Å². The first-order valence-electron chi connectivity index (χ1n) is 7.18. The van der Waals surface area contributed by atoms with Crippen LogP contribution in [0.5, 0.6) is 0 Å². The van der Waals surface area contributed by atoms with Crippen LogP contribution in [0.3, 0.4) is 0 Å². The van der Waals surface area contributed by atoms with Crippen LogP contribution in [-0.4, -0.2) is 0 Å². The molecule has 0 spiro atoms. The van der Waals surface area contributed by atoms with Crippen LogP contribution < -0.4 is 0 Å². The van der Waals surface area contributed by atoms with Gasteiger partial charge in [-0.2, -0.15) is 0 Å². The smallest absolute Gasteiger partial charge is 0.0326 e. The van der Waals surface area contributed by atoms with Crippen LogP contribution in [0, 0.1) is 5.41 Å². The summed E-state index contributed by atoms with van der Waals surface area (Å²) < 4.78 is 0. The van der Waals surface area contributed by atoms with Crippen molar-refractivity contribution in [3.63, 3.8) is 0 Å². The summed E-state index contributed by atoms with van der Waals surface area (Å²) in [5.74, 6) is 0. The molecule has 0 aromatic heterocycles. The lowest BCUT2D eigenvalue weighted by Crippen LogP contribution is -2.15. The molecule has 0 aromatic rings. The Morgan fingerprint density at radius 2 is 1.13 bits per heavy atom. The molecule has 0 rings (SSSR count). The Kier molecular flexibility index (Phi) is 9.24. The lowest BCUT2D eigenvalue weighted by Gasteiger charge is -2.29. The van der Waals surface area contributed by atoms with E-state index in [4.69, 9.17) is 0 Å². The molecule has 0 aliphatic heterocycles. The van der Waals surface area contributed by atoms with Crippen molar-refractivity contribution < 1.29 is 0 Å². The molecule has 0 aliphatic rings. The molecule has 92 valence electrons. The van der Waals surface area contributed by atoms with E-state index in [1.165, 1.54) is 64.2 Å². The van der Waals surface area contributed by atoms with Crippen molar-refractivity contribution in [3.8, 4) is 0 Å². The Morgan fingerprint density at radius 1 is 0.600 bits per heavy atom. The average molecular weight is 212 g/mol. The first-order valence-corrected chi connectivity index (χ1v) is 7.18. The molecule has 0 aliphatic carbocycles. The minimum Gasteiger partial charge on any atom is -0.0654 e. The second kappa shape index (κ2) is 9.24. The maximum atomic E-state index is 2.50. The average Bonchev–Trinajstić information content (AvgIpc) is 2.18. The van der Waals surface area contributed by atoms with E-state index in [0.717, 1.165) is 0 Å². The Hall–Kier alpha value is 0. The van der Waals surface area contributed by atoms with Gasteiger partial charge in [-0.1, -0.05) is 72.6 Å². The van der Waals surface area contributed by atoms with Gasteiger partial charge in [0.05, 0.1) is 0 Å². The largest absolute Gasteiger partial charge is 0.0654 e. The Labute approximate surface area is 97.8 Å². The second-order valence-corrected chi connectivity index (χ2v) is 5.47. The highest BCUT2D eigenvalue weighted by molar-refractivity contribution is 4.73. The molecular weight excluding hydrogens is 180 g/mol.